The van der Waals surface area contributed by atoms with Crippen molar-refractivity contribution in [2.75, 3.05) is 13.2 Å². The summed E-state index contributed by atoms with van der Waals surface area (Å²) in [5.41, 5.74) is -0.473. The van der Waals surface area contributed by atoms with Gasteiger partial charge in [-0.2, -0.15) is 4.31 Å². The quantitative estimate of drug-likeness (QED) is 0.818. The van der Waals surface area contributed by atoms with Gasteiger partial charge in [-0.3, -0.25) is 0 Å². The van der Waals surface area contributed by atoms with Gasteiger partial charge in [-0.1, -0.05) is 6.42 Å². The van der Waals surface area contributed by atoms with Crippen LogP contribution in [-0.2, 0) is 10.0 Å². The number of aliphatic hydroxyl groups excluding tert-OH is 1. The summed E-state index contributed by atoms with van der Waals surface area (Å²) in [6, 6.07) is 2.28. The lowest BCUT2D eigenvalue weighted by Gasteiger charge is -2.36. The van der Waals surface area contributed by atoms with Crippen molar-refractivity contribution in [3.8, 4) is 0 Å². The molecule has 6 nitrogen and oxygen atoms in total. The zero-order chi connectivity index (χ0) is 15.6. The standard InChI is InChI=1S/C13H16FNO5S/c14-9-4-5-11(13(17)18)12(8-9)21(19,20)15(6-7-16)10-2-1-3-10/h4-5,8,10,16H,1-3,6-7H2,(H,17,18). The van der Waals surface area contributed by atoms with Gasteiger partial charge in [0.05, 0.1) is 17.1 Å². The van der Waals surface area contributed by atoms with E-state index in [0.717, 1.165) is 22.9 Å². The second-order valence-electron chi connectivity index (χ2n) is 4.87. The van der Waals surface area contributed by atoms with Crippen LogP contribution < -0.4 is 0 Å². The summed E-state index contributed by atoms with van der Waals surface area (Å²) >= 11 is 0. The fourth-order valence-electron chi connectivity index (χ4n) is 2.28. The lowest BCUT2D eigenvalue weighted by Crippen LogP contribution is -2.45. The highest BCUT2D eigenvalue weighted by atomic mass is 32.2. The van der Waals surface area contributed by atoms with E-state index >= 15 is 0 Å². The van der Waals surface area contributed by atoms with Crippen molar-refractivity contribution in [3.63, 3.8) is 0 Å². The summed E-state index contributed by atoms with van der Waals surface area (Å²) in [5, 5.41) is 18.1. The van der Waals surface area contributed by atoms with Gasteiger partial charge in [0.25, 0.3) is 0 Å². The van der Waals surface area contributed by atoms with Crippen molar-refractivity contribution in [3.05, 3.63) is 29.6 Å². The highest BCUT2D eigenvalue weighted by Crippen LogP contribution is 2.31. The van der Waals surface area contributed by atoms with Gasteiger partial charge in [-0.25, -0.2) is 17.6 Å². The fraction of sp³-hybridized carbons (Fsp3) is 0.462. The molecular formula is C13H16FNO5S. The van der Waals surface area contributed by atoms with Crippen LogP contribution in [0.4, 0.5) is 4.39 Å². The van der Waals surface area contributed by atoms with Gasteiger partial charge in [0.1, 0.15) is 5.82 Å². The Morgan fingerprint density at radius 2 is 2.05 bits per heavy atom. The Morgan fingerprint density at radius 3 is 2.52 bits per heavy atom. The van der Waals surface area contributed by atoms with Gasteiger partial charge in [0.2, 0.25) is 10.0 Å². The molecule has 1 saturated carbocycles. The predicted octanol–water partition coefficient (Wildman–Crippen LogP) is 1.06. The molecule has 1 aliphatic rings. The summed E-state index contributed by atoms with van der Waals surface area (Å²) < 4.78 is 39.7. The van der Waals surface area contributed by atoms with Gasteiger partial charge >= 0.3 is 5.97 Å². The van der Waals surface area contributed by atoms with E-state index in [2.05, 4.69) is 0 Å². The summed E-state index contributed by atoms with van der Waals surface area (Å²) in [5.74, 6) is -2.26. The fourth-order valence-corrected chi connectivity index (χ4v) is 4.16. The molecule has 0 atom stereocenters. The van der Waals surface area contributed by atoms with Gasteiger partial charge in [-0.15, -0.1) is 0 Å². The molecule has 0 aliphatic heterocycles. The number of halogens is 1. The zero-order valence-corrected chi connectivity index (χ0v) is 12.0. The molecule has 8 heteroatoms. The van der Waals surface area contributed by atoms with Crippen LogP contribution in [-0.4, -0.2) is 48.1 Å². The maximum Gasteiger partial charge on any atom is 0.337 e. The third-order valence-corrected chi connectivity index (χ3v) is 5.55. The van der Waals surface area contributed by atoms with E-state index in [-0.39, 0.29) is 19.2 Å². The molecule has 1 fully saturated rings. The average Bonchev–Trinajstić information content (AvgIpc) is 2.35. The molecule has 21 heavy (non-hydrogen) atoms. The first-order chi connectivity index (χ1) is 9.87. The number of rotatable bonds is 6. The minimum Gasteiger partial charge on any atom is -0.478 e. The molecule has 0 amide bonds. The smallest absolute Gasteiger partial charge is 0.337 e. The van der Waals surface area contributed by atoms with Crippen molar-refractivity contribution in [2.24, 2.45) is 0 Å². The van der Waals surface area contributed by atoms with Crippen molar-refractivity contribution in [1.82, 2.24) is 4.31 Å². The number of benzene rings is 1. The van der Waals surface area contributed by atoms with Crippen LogP contribution in [0.2, 0.25) is 0 Å². The number of carbonyl (C=O) groups is 1. The zero-order valence-electron chi connectivity index (χ0n) is 11.2. The lowest BCUT2D eigenvalue weighted by atomic mass is 9.93. The Kier molecular flexibility index (Phi) is 4.60. The van der Waals surface area contributed by atoms with Crippen LogP contribution in [0.25, 0.3) is 0 Å². The summed E-state index contributed by atoms with van der Waals surface area (Å²) in [6.07, 6.45) is 2.17. The van der Waals surface area contributed by atoms with Crippen LogP contribution in [0, 0.1) is 5.82 Å². The number of aromatic carboxylic acids is 1. The number of sulfonamides is 1. The number of hydrogen-bond donors (Lipinski definition) is 2. The molecule has 1 aromatic rings. The van der Waals surface area contributed by atoms with Gasteiger partial charge in [0, 0.05) is 12.6 Å². The molecule has 0 saturated heterocycles. The van der Waals surface area contributed by atoms with Crippen molar-refractivity contribution in [2.45, 2.75) is 30.2 Å². The SMILES string of the molecule is O=C(O)c1ccc(F)cc1S(=O)(=O)N(CCO)C1CCC1. The molecule has 0 unspecified atom stereocenters. The molecule has 116 valence electrons. The second-order valence-corrected chi connectivity index (χ2v) is 6.73. The van der Waals surface area contributed by atoms with Crippen molar-refractivity contribution < 1.29 is 27.8 Å². The molecule has 0 bridgehead atoms. The third kappa shape index (κ3) is 3.07. The van der Waals surface area contributed by atoms with E-state index in [4.69, 9.17) is 10.2 Å². The first-order valence-corrected chi connectivity index (χ1v) is 7.97. The molecule has 1 aromatic carbocycles. The molecule has 0 heterocycles. The van der Waals surface area contributed by atoms with Crippen LogP contribution in [0.1, 0.15) is 29.6 Å². The van der Waals surface area contributed by atoms with E-state index in [1.54, 1.807) is 0 Å². The van der Waals surface area contributed by atoms with E-state index in [0.29, 0.717) is 18.9 Å². The molecule has 0 aromatic heterocycles. The van der Waals surface area contributed by atoms with Crippen LogP contribution in [0.3, 0.4) is 0 Å². The summed E-state index contributed by atoms with van der Waals surface area (Å²) in [4.78, 5) is 10.6. The van der Waals surface area contributed by atoms with E-state index in [1.807, 2.05) is 0 Å². The first-order valence-electron chi connectivity index (χ1n) is 6.53. The van der Waals surface area contributed by atoms with Crippen LogP contribution >= 0.6 is 0 Å². The normalized spacial score (nSPS) is 16.0. The van der Waals surface area contributed by atoms with Crippen molar-refractivity contribution >= 4 is 16.0 Å². The van der Waals surface area contributed by atoms with Crippen LogP contribution in [0.5, 0.6) is 0 Å². The predicted molar refractivity (Wildman–Crippen MR) is 72.0 cm³/mol. The molecule has 2 N–H and O–H groups in total. The number of carboxylic acid groups (broad SMARTS) is 1. The highest BCUT2D eigenvalue weighted by molar-refractivity contribution is 7.89. The second kappa shape index (κ2) is 6.08. The molecule has 2 rings (SSSR count). The molecule has 1 aliphatic carbocycles. The highest BCUT2D eigenvalue weighted by Gasteiger charge is 2.36. The molecular weight excluding hydrogens is 301 g/mol. The Morgan fingerprint density at radius 1 is 1.38 bits per heavy atom. The Labute approximate surface area is 121 Å². The number of carboxylic acids is 1. The first kappa shape index (κ1) is 15.9. The van der Waals surface area contributed by atoms with E-state index in [1.165, 1.54) is 0 Å². The van der Waals surface area contributed by atoms with E-state index < -0.39 is 32.3 Å². The summed E-state index contributed by atoms with van der Waals surface area (Å²) in [6.45, 7) is -0.518. The summed E-state index contributed by atoms with van der Waals surface area (Å²) in [7, 11) is -4.17. The minimum atomic E-state index is -4.17. The topological polar surface area (TPSA) is 94.9 Å². The number of aliphatic hydroxyl groups is 1. The third-order valence-electron chi connectivity index (χ3n) is 3.56. The van der Waals surface area contributed by atoms with Crippen molar-refractivity contribution in [1.29, 1.82) is 0 Å². The Hall–Kier alpha value is -1.51. The monoisotopic (exact) mass is 317 g/mol. The maximum absolute atomic E-state index is 13.4. The Bertz CT molecular complexity index is 642. The largest absolute Gasteiger partial charge is 0.478 e. The Balaban J connectivity index is 2.50. The molecule has 0 radical (unpaired) electrons. The van der Waals surface area contributed by atoms with Crippen LogP contribution in [0.15, 0.2) is 23.1 Å². The molecule has 0 spiro atoms. The van der Waals surface area contributed by atoms with Gasteiger partial charge < -0.3 is 10.2 Å². The van der Waals surface area contributed by atoms with E-state index in [9.17, 15) is 17.6 Å². The minimum absolute atomic E-state index is 0.136. The van der Waals surface area contributed by atoms with Gasteiger partial charge in [-0.05, 0) is 31.0 Å². The average molecular weight is 317 g/mol. The number of hydrogen-bond acceptors (Lipinski definition) is 4. The lowest BCUT2D eigenvalue weighted by molar-refractivity contribution is 0.0692. The number of nitrogens with zero attached hydrogens (tertiary/aromatic N) is 1. The van der Waals surface area contributed by atoms with Gasteiger partial charge in [0.15, 0.2) is 0 Å². The maximum atomic E-state index is 13.4.